The lowest BCUT2D eigenvalue weighted by Crippen LogP contribution is -2.26. The maximum atomic E-state index is 12.8. The largest absolute Gasteiger partial charge is 0.493 e. The topological polar surface area (TPSA) is 73.6 Å². The number of aryl methyl sites for hydroxylation is 1. The Morgan fingerprint density at radius 3 is 2.54 bits per heavy atom. The summed E-state index contributed by atoms with van der Waals surface area (Å²) in [7, 11) is 1.56. The first-order valence-electron chi connectivity index (χ1n) is 8.63. The zero-order valence-corrected chi connectivity index (χ0v) is 15.0. The molecule has 2 rings (SSSR count). The summed E-state index contributed by atoms with van der Waals surface area (Å²) in [6, 6.07) is 11.8. The molecule has 0 saturated carbocycles. The van der Waals surface area contributed by atoms with Gasteiger partial charge in [-0.1, -0.05) is 18.2 Å². The predicted molar refractivity (Wildman–Crippen MR) is 99.0 cm³/mol. The molecule has 0 unspecified atom stereocenters. The first kappa shape index (κ1) is 19.7. The number of halogens is 1. The van der Waals surface area contributed by atoms with Gasteiger partial charge in [0.2, 0.25) is 5.91 Å². The molecule has 0 radical (unpaired) electrons. The highest BCUT2D eigenvalue weighted by Gasteiger charge is 2.09. The van der Waals surface area contributed by atoms with Crippen molar-refractivity contribution >= 4 is 5.91 Å². The average molecular weight is 360 g/mol. The van der Waals surface area contributed by atoms with Crippen molar-refractivity contribution < 1.29 is 18.7 Å². The third-order valence-corrected chi connectivity index (χ3v) is 3.85. The molecule has 2 aromatic carbocycles. The minimum atomic E-state index is -0.239. The Hall–Kier alpha value is -2.60. The van der Waals surface area contributed by atoms with Crippen LogP contribution in [0, 0.1) is 5.82 Å². The van der Waals surface area contributed by atoms with Gasteiger partial charge >= 0.3 is 0 Å². The van der Waals surface area contributed by atoms with Gasteiger partial charge in [0.1, 0.15) is 12.4 Å². The minimum absolute atomic E-state index is 0.0539. The second-order valence-corrected chi connectivity index (χ2v) is 5.88. The Balaban J connectivity index is 1.77. The van der Waals surface area contributed by atoms with Gasteiger partial charge in [-0.15, -0.1) is 0 Å². The highest BCUT2D eigenvalue weighted by Crippen LogP contribution is 2.28. The highest BCUT2D eigenvalue weighted by atomic mass is 19.1. The maximum Gasteiger partial charge on any atom is 0.224 e. The number of hydrogen-bond donors (Lipinski definition) is 2. The molecule has 0 saturated heterocycles. The summed E-state index contributed by atoms with van der Waals surface area (Å²) in [5, 5.41) is 2.90. The molecule has 0 aromatic heterocycles. The predicted octanol–water partition coefficient (Wildman–Crippen LogP) is 2.46. The molecule has 0 atom stereocenters. The molecule has 6 heteroatoms. The van der Waals surface area contributed by atoms with Gasteiger partial charge in [0.15, 0.2) is 11.5 Å². The molecule has 0 aliphatic carbocycles. The van der Waals surface area contributed by atoms with E-state index < -0.39 is 0 Å². The Morgan fingerprint density at radius 1 is 1.12 bits per heavy atom. The average Bonchev–Trinajstić information content (AvgIpc) is 2.65. The lowest BCUT2D eigenvalue weighted by atomic mass is 10.1. The summed E-state index contributed by atoms with van der Waals surface area (Å²) >= 11 is 0. The second kappa shape index (κ2) is 10.4. The lowest BCUT2D eigenvalue weighted by molar-refractivity contribution is -0.120. The van der Waals surface area contributed by atoms with Crippen molar-refractivity contribution in [2.45, 2.75) is 19.3 Å². The van der Waals surface area contributed by atoms with Crippen molar-refractivity contribution in [3.8, 4) is 11.5 Å². The van der Waals surface area contributed by atoms with Gasteiger partial charge in [0, 0.05) is 13.1 Å². The van der Waals surface area contributed by atoms with Gasteiger partial charge in [-0.2, -0.15) is 0 Å². The number of amides is 1. The third-order valence-electron chi connectivity index (χ3n) is 3.85. The fourth-order valence-corrected chi connectivity index (χ4v) is 2.53. The van der Waals surface area contributed by atoms with E-state index in [9.17, 15) is 9.18 Å². The number of benzene rings is 2. The smallest absolute Gasteiger partial charge is 0.224 e. The molecule has 26 heavy (non-hydrogen) atoms. The molecule has 0 aliphatic rings. The van der Waals surface area contributed by atoms with Gasteiger partial charge in [0.25, 0.3) is 0 Å². The van der Waals surface area contributed by atoms with E-state index in [1.807, 2.05) is 6.07 Å². The molecule has 0 aliphatic heterocycles. The summed E-state index contributed by atoms with van der Waals surface area (Å²) in [6.45, 7) is 1.40. The van der Waals surface area contributed by atoms with Gasteiger partial charge < -0.3 is 20.5 Å². The summed E-state index contributed by atoms with van der Waals surface area (Å²) < 4.78 is 23.6. The van der Waals surface area contributed by atoms with Crippen LogP contribution in [0.3, 0.4) is 0 Å². The molecule has 140 valence electrons. The SMILES string of the molecule is COc1cc(CC(=O)NCCCc2ccc(F)cc2)ccc1OCCN. The Kier molecular flexibility index (Phi) is 7.89. The molecular weight excluding hydrogens is 335 g/mol. The summed E-state index contributed by atoms with van der Waals surface area (Å²) in [4.78, 5) is 12.1. The van der Waals surface area contributed by atoms with Gasteiger partial charge in [-0.3, -0.25) is 4.79 Å². The Morgan fingerprint density at radius 2 is 1.85 bits per heavy atom. The Bertz CT molecular complexity index is 705. The van der Waals surface area contributed by atoms with Crippen molar-refractivity contribution in [2.75, 3.05) is 26.8 Å². The van der Waals surface area contributed by atoms with Crippen LogP contribution in [-0.4, -0.2) is 32.7 Å². The number of nitrogens with two attached hydrogens (primary N) is 1. The van der Waals surface area contributed by atoms with Crippen molar-refractivity contribution in [1.29, 1.82) is 0 Å². The summed E-state index contributed by atoms with van der Waals surface area (Å²) in [5.41, 5.74) is 7.33. The molecule has 3 N–H and O–H groups in total. The van der Waals surface area contributed by atoms with Crippen LogP contribution in [0.25, 0.3) is 0 Å². The van der Waals surface area contributed by atoms with Crippen LogP contribution in [0.2, 0.25) is 0 Å². The van der Waals surface area contributed by atoms with E-state index in [1.165, 1.54) is 12.1 Å². The second-order valence-electron chi connectivity index (χ2n) is 5.88. The Labute approximate surface area is 153 Å². The molecule has 0 fully saturated rings. The quantitative estimate of drug-likeness (QED) is 0.639. The summed E-state index contributed by atoms with van der Waals surface area (Å²) in [6.07, 6.45) is 1.86. The van der Waals surface area contributed by atoms with Crippen LogP contribution in [-0.2, 0) is 17.6 Å². The number of rotatable bonds is 10. The number of nitrogens with one attached hydrogen (secondary N) is 1. The van der Waals surface area contributed by atoms with Crippen LogP contribution >= 0.6 is 0 Å². The minimum Gasteiger partial charge on any atom is -0.493 e. The first-order valence-corrected chi connectivity index (χ1v) is 8.63. The van der Waals surface area contributed by atoms with E-state index in [-0.39, 0.29) is 18.1 Å². The normalized spacial score (nSPS) is 10.4. The molecule has 0 bridgehead atoms. The number of carbonyl (C=O) groups excluding carboxylic acids is 1. The summed E-state index contributed by atoms with van der Waals surface area (Å²) in [5.74, 6) is 0.903. The van der Waals surface area contributed by atoms with E-state index in [4.69, 9.17) is 15.2 Å². The lowest BCUT2D eigenvalue weighted by Gasteiger charge is -2.12. The van der Waals surface area contributed by atoms with E-state index in [0.29, 0.717) is 31.2 Å². The van der Waals surface area contributed by atoms with E-state index >= 15 is 0 Å². The monoisotopic (exact) mass is 360 g/mol. The van der Waals surface area contributed by atoms with E-state index in [0.717, 1.165) is 24.0 Å². The molecular formula is C20H25FN2O3. The van der Waals surface area contributed by atoms with E-state index in [2.05, 4.69) is 5.32 Å². The molecule has 1 amide bonds. The number of methoxy groups -OCH3 is 1. The van der Waals surface area contributed by atoms with Crippen LogP contribution in [0.1, 0.15) is 17.5 Å². The number of ether oxygens (including phenoxy) is 2. The fourth-order valence-electron chi connectivity index (χ4n) is 2.53. The van der Waals surface area contributed by atoms with Gasteiger partial charge in [-0.05, 0) is 48.2 Å². The molecule has 2 aromatic rings. The molecule has 5 nitrogen and oxygen atoms in total. The number of hydrogen-bond acceptors (Lipinski definition) is 4. The zero-order valence-electron chi connectivity index (χ0n) is 15.0. The van der Waals surface area contributed by atoms with Crippen LogP contribution in [0.5, 0.6) is 11.5 Å². The van der Waals surface area contributed by atoms with Crippen LogP contribution in [0.15, 0.2) is 42.5 Å². The van der Waals surface area contributed by atoms with Crippen molar-refractivity contribution in [1.82, 2.24) is 5.32 Å². The van der Waals surface area contributed by atoms with Crippen LogP contribution < -0.4 is 20.5 Å². The molecule has 0 spiro atoms. The first-order chi connectivity index (χ1) is 12.6. The maximum absolute atomic E-state index is 12.8. The number of carbonyl (C=O) groups is 1. The van der Waals surface area contributed by atoms with E-state index in [1.54, 1.807) is 31.4 Å². The van der Waals surface area contributed by atoms with Crippen molar-refractivity contribution in [2.24, 2.45) is 5.73 Å². The standard InChI is InChI=1S/C20H25FN2O3/c1-25-19-13-16(6-9-18(19)26-12-10-22)14-20(24)23-11-2-3-15-4-7-17(21)8-5-15/h4-9,13H,2-3,10-12,14,22H2,1H3,(H,23,24). The van der Waals surface area contributed by atoms with Gasteiger partial charge in [-0.25, -0.2) is 4.39 Å². The highest BCUT2D eigenvalue weighted by molar-refractivity contribution is 5.78. The van der Waals surface area contributed by atoms with Gasteiger partial charge in [0.05, 0.1) is 13.5 Å². The zero-order chi connectivity index (χ0) is 18.8. The van der Waals surface area contributed by atoms with Crippen LogP contribution in [0.4, 0.5) is 4.39 Å². The fraction of sp³-hybridized carbons (Fsp3) is 0.350. The van der Waals surface area contributed by atoms with Crippen molar-refractivity contribution in [3.05, 3.63) is 59.4 Å². The molecule has 0 heterocycles. The van der Waals surface area contributed by atoms with Crippen molar-refractivity contribution in [3.63, 3.8) is 0 Å². The third kappa shape index (κ3) is 6.37.